The Bertz CT molecular complexity index is 713. The highest BCUT2D eigenvalue weighted by Gasteiger charge is 2.32. The number of nitrogens with zero attached hydrogens (tertiary/aromatic N) is 2. The Morgan fingerprint density at radius 1 is 1.17 bits per heavy atom. The topological polar surface area (TPSA) is 68.3 Å². The molecule has 7 heteroatoms. The third-order valence-corrected chi connectivity index (χ3v) is 4.34. The van der Waals surface area contributed by atoms with E-state index in [1.807, 2.05) is 25.2 Å². The Kier molecular flexibility index (Phi) is 4.44. The number of methoxy groups -OCH3 is 2. The number of ether oxygens (including phenoxy) is 3. The molecule has 0 amide bonds. The summed E-state index contributed by atoms with van der Waals surface area (Å²) in [4.78, 5) is 28.1. The molecular weight excluding hydrogens is 312 g/mol. The first kappa shape index (κ1) is 16.3. The first-order chi connectivity index (χ1) is 11.6. The van der Waals surface area contributed by atoms with Gasteiger partial charge in [0, 0.05) is 25.0 Å². The first-order valence-electron chi connectivity index (χ1n) is 7.66. The van der Waals surface area contributed by atoms with Gasteiger partial charge in [0.1, 0.15) is 12.4 Å². The average molecular weight is 332 g/mol. The molecule has 2 aliphatic rings. The molecule has 24 heavy (non-hydrogen) atoms. The lowest BCUT2D eigenvalue weighted by molar-refractivity contribution is -0.140. The van der Waals surface area contributed by atoms with Crippen LogP contribution in [0, 0.1) is 0 Å². The van der Waals surface area contributed by atoms with Crippen LogP contribution in [0.25, 0.3) is 0 Å². The highest BCUT2D eigenvalue weighted by atomic mass is 16.5. The van der Waals surface area contributed by atoms with E-state index in [9.17, 15) is 9.59 Å². The Labute approximate surface area is 140 Å². The Balaban J connectivity index is 2.05. The summed E-state index contributed by atoms with van der Waals surface area (Å²) in [5.74, 6) is -1.18. The van der Waals surface area contributed by atoms with Crippen LogP contribution < -0.4 is 9.80 Å². The summed E-state index contributed by atoms with van der Waals surface area (Å²) in [7, 11) is 4.61. The van der Waals surface area contributed by atoms with Crippen LogP contribution >= 0.6 is 0 Å². The Hall–Kier alpha value is -2.54. The molecule has 2 heterocycles. The number of rotatable bonds is 3. The van der Waals surface area contributed by atoms with Crippen molar-refractivity contribution in [3.8, 4) is 0 Å². The number of carbonyl (C=O) groups is 2. The van der Waals surface area contributed by atoms with E-state index in [4.69, 9.17) is 14.2 Å². The summed E-state index contributed by atoms with van der Waals surface area (Å²) >= 11 is 0. The Morgan fingerprint density at radius 3 is 2.62 bits per heavy atom. The fourth-order valence-corrected chi connectivity index (χ4v) is 3.07. The minimum absolute atomic E-state index is 0.0152. The van der Waals surface area contributed by atoms with Gasteiger partial charge in [-0.2, -0.15) is 0 Å². The molecule has 0 radical (unpaired) electrons. The molecule has 0 saturated heterocycles. The lowest BCUT2D eigenvalue weighted by Gasteiger charge is -2.31. The van der Waals surface area contributed by atoms with Gasteiger partial charge in [0.15, 0.2) is 0 Å². The zero-order chi connectivity index (χ0) is 17.3. The number of fused-ring (bicyclic) bond motifs is 1. The van der Waals surface area contributed by atoms with Gasteiger partial charge in [-0.15, -0.1) is 0 Å². The molecular formula is C17H20N2O5. The minimum Gasteiger partial charge on any atom is -0.466 e. The molecule has 1 aromatic carbocycles. The summed E-state index contributed by atoms with van der Waals surface area (Å²) in [5, 5.41) is 0. The smallest absolute Gasteiger partial charge is 0.355 e. The van der Waals surface area contributed by atoms with E-state index >= 15 is 0 Å². The highest BCUT2D eigenvalue weighted by molar-refractivity contribution is 6.03. The van der Waals surface area contributed by atoms with Crippen LogP contribution in [0.2, 0.25) is 0 Å². The maximum Gasteiger partial charge on any atom is 0.355 e. The summed E-state index contributed by atoms with van der Waals surface area (Å²) in [6.45, 7) is 1.14. The van der Waals surface area contributed by atoms with Crippen LogP contribution in [0.4, 0.5) is 11.4 Å². The minimum atomic E-state index is -0.596. The van der Waals surface area contributed by atoms with Gasteiger partial charge in [-0.1, -0.05) is 0 Å². The van der Waals surface area contributed by atoms with Crippen LogP contribution in [-0.4, -0.2) is 53.1 Å². The molecule has 128 valence electrons. The van der Waals surface area contributed by atoms with E-state index in [1.54, 1.807) is 4.90 Å². The summed E-state index contributed by atoms with van der Waals surface area (Å²) in [6, 6.07) is 5.94. The quantitative estimate of drug-likeness (QED) is 0.767. The van der Waals surface area contributed by atoms with Crippen LogP contribution in [0.5, 0.6) is 0 Å². The van der Waals surface area contributed by atoms with Crippen molar-refractivity contribution in [1.82, 2.24) is 0 Å². The number of esters is 2. The number of hydrogen-bond donors (Lipinski definition) is 0. The van der Waals surface area contributed by atoms with Gasteiger partial charge in [-0.25, -0.2) is 9.59 Å². The van der Waals surface area contributed by atoms with Crippen molar-refractivity contribution in [2.75, 3.05) is 50.9 Å². The predicted molar refractivity (Wildman–Crippen MR) is 87.8 cm³/mol. The Morgan fingerprint density at radius 2 is 1.92 bits per heavy atom. The molecule has 0 atom stereocenters. The van der Waals surface area contributed by atoms with Crippen LogP contribution in [0.3, 0.4) is 0 Å². The average Bonchev–Trinajstić information content (AvgIpc) is 3.00. The van der Waals surface area contributed by atoms with E-state index in [2.05, 4.69) is 4.90 Å². The SMILES string of the molecule is COC(=O)C1=C(C(=O)OC)N(c2ccc3c(c2)CCN3C)COC1. The van der Waals surface area contributed by atoms with Gasteiger partial charge in [-0.05, 0) is 30.2 Å². The summed E-state index contributed by atoms with van der Waals surface area (Å²) in [5.41, 5.74) is 3.48. The van der Waals surface area contributed by atoms with Gasteiger partial charge < -0.3 is 24.0 Å². The van der Waals surface area contributed by atoms with E-state index in [0.29, 0.717) is 0 Å². The third kappa shape index (κ3) is 2.71. The van der Waals surface area contributed by atoms with E-state index in [0.717, 1.165) is 18.7 Å². The third-order valence-electron chi connectivity index (χ3n) is 4.34. The molecule has 1 aromatic rings. The molecule has 3 rings (SSSR count). The molecule has 0 saturated carbocycles. The molecule has 0 aromatic heterocycles. The maximum atomic E-state index is 12.3. The van der Waals surface area contributed by atoms with E-state index in [1.165, 1.54) is 25.5 Å². The van der Waals surface area contributed by atoms with Gasteiger partial charge in [0.2, 0.25) is 0 Å². The fourth-order valence-electron chi connectivity index (χ4n) is 3.07. The fraction of sp³-hybridized carbons (Fsp3) is 0.412. The van der Waals surface area contributed by atoms with Gasteiger partial charge in [0.25, 0.3) is 0 Å². The molecule has 0 unspecified atom stereocenters. The van der Waals surface area contributed by atoms with Crippen molar-refractivity contribution in [2.24, 2.45) is 0 Å². The molecule has 0 aliphatic carbocycles. The lowest BCUT2D eigenvalue weighted by Crippen LogP contribution is -2.38. The second-order valence-electron chi connectivity index (χ2n) is 5.70. The highest BCUT2D eigenvalue weighted by Crippen LogP contribution is 2.33. The van der Waals surface area contributed by atoms with Crippen molar-refractivity contribution in [2.45, 2.75) is 6.42 Å². The standard InChI is InChI=1S/C17H20N2O5/c1-18-7-6-11-8-12(4-5-14(11)18)19-10-24-9-13(16(20)22-2)15(19)17(21)23-3/h4-5,8H,6-7,9-10H2,1-3H3. The summed E-state index contributed by atoms with van der Waals surface area (Å²) in [6.07, 6.45) is 0.940. The van der Waals surface area contributed by atoms with Crippen molar-refractivity contribution < 1.29 is 23.8 Å². The first-order valence-corrected chi connectivity index (χ1v) is 7.66. The summed E-state index contributed by atoms with van der Waals surface area (Å²) < 4.78 is 15.1. The van der Waals surface area contributed by atoms with E-state index < -0.39 is 11.9 Å². The van der Waals surface area contributed by atoms with Gasteiger partial charge in [0.05, 0.1) is 26.4 Å². The molecule has 2 aliphatic heterocycles. The molecule has 7 nitrogen and oxygen atoms in total. The number of likely N-dealkylation sites (N-methyl/N-ethyl adjacent to an activating group) is 1. The van der Waals surface area contributed by atoms with Crippen LogP contribution in [-0.2, 0) is 30.2 Å². The number of anilines is 2. The molecule has 0 N–H and O–H groups in total. The number of benzene rings is 1. The monoisotopic (exact) mass is 332 g/mol. The largest absolute Gasteiger partial charge is 0.466 e. The predicted octanol–water partition coefficient (Wildman–Crippen LogP) is 1.07. The van der Waals surface area contributed by atoms with Crippen molar-refractivity contribution in [3.63, 3.8) is 0 Å². The van der Waals surface area contributed by atoms with E-state index in [-0.39, 0.29) is 24.6 Å². The lowest BCUT2D eigenvalue weighted by atomic mass is 10.1. The van der Waals surface area contributed by atoms with Crippen molar-refractivity contribution >= 4 is 23.3 Å². The second-order valence-corrected chi connectivity index (χ2v) is 5.70. The van der Waals surface area contributed by atoms with Crippen LogP contribution in [0.15, 0.2) is 29.5 Å². The van der Waals surface area contributed by atoms with Crippen LogP contribution in [0.1, 0.15) is 5.56 Å². The zero-order valence-corrected chi connectivity index (χ0v) is 14.0. The van der Waals surface area contributed by atoms with Crippen molar-refractivity contribution in [1.29, 1.82) is 0 Å². The number of hydrogen-bond acceptors (Lipinski definition) is 7. The molecule has 0 bridgehead atoms. The second kappa shape index (κ2) is 6.52. The normalized spacial score (nSPS) is 17.0. The number of carbonyl (C=O) groups excluding carboxylic acids is 2. The maximum absolute atomic E-state index is 12.3. The molecule has 0 fully saturated rings. The van der Waals surface area contributed by atoms with Crippen molar-refractivity contribution in [3.05, 3.63) is 35.0 Å². The zero-order valence-electron chi connectivity index (χ0n) is 14.0. The van der Waals surface area contributed by atoms with Gasteiger partial charge in [-0.3, -0.25) is 0 Å². The van der Waals surface area contributed by atoms with Gasteiger partial charge >= 0.3 is 11.9 Å². The molecule has 0 spiro atoms.